The standard InChI is InChI=1S/C12H26O2/c1-3-5-7-8-9-10-12(13)14-11-6-4-2/h12-13H,3-11H2,1-2H3. The third kappa shape index (κ3) is 10.0. The largest absolute Gasteiger partial charge is 0.368 e. The van der Waals surface area contributed by atoms with Crippen molar-refractivity contribution in [3.8, 4) is 0 Å². The predicted octanol–water partition coefficient (Wildman–Crippen LogP) is 3.48. The molecule has 1 N–H and O–H groups in total. The summed E-state index contributed by atoms with van der Waals surface area (Å²) in [6.45, 7) is 5.04. The summed E-state index contributed by atoms with van der Waals surface area (Å²) in [6, 6.07) is 0. The smallest absolute Gasteiger partial charge is 0.154 e. The number of unbranched alkanes of at least 4 members (excludes halogenated alkanes) is 5. The van der Waals surface area contributed by atoms with Crippen LogP contribution in [0.4, 0.5) is 0 Å². The highest BCUT2D eigenvalue weighted by Crippen LogP contribution is 2.08. The molecular formula is C12H26O2. The molecule has 0 saturated heterocycles. The van der Waals surface area contributed by atoms with Crippen molar-refractivity contribution in [2.45, 2.75) is 71.5 Å². The van der Waals surface area contributed by atoms with E-state index in [1.54, 1.807) is 0 Å². The van der Waals surface area contributed by atoms with Crippen LogP contribution in [0.3, 0.4) is 0 Å². The first-order valence-electron chi connectivity index (χ1n) is 6.11. The molecule has 0 fully saturated rings. The zero-order valence-electron chi connectivity index (χ0n) is 9.80. The average molecular weight is 202 g/mol. The van der Waals surface area contributed by atoms with Gasteiger partial charge in [0.15, 0.2) is 6.29 Å². The van der Waals surface area contributed by atoms with E-state index in [1.165, 1.54) is 25.7 Å². The van der Waals surface area contributed by atoms with Gasteiger partial charge in [0.1, 0.15) is 0 Å². The van der Waals surface area contributed by atoms with E-state index >= 15 is 0 Å². The average Bonchev–Trinajstić information content (AvgIpc) is 2.18. The molecule has 0 heterocycles. The lowest BCUT2D eigenvalue weighted by Crippen LogP contribution is -2.12. The van der Waals surface area contributed by atoms with Crippen molar-refractivity contribution in [2.24, 2.45) is 0 Å². The minimum Gasteiger partial charge on any atom is -0.368 e. The Hall–Kier alpha value is -0.0800. The van der Waals surface area contributed by atoms with Crippen LogP contribution in [0.25, 0.3) is 0 Å². The predicted molar refractivity (Wildman–Crippen MR) is 60.2 cm³/mol. The van der Waals surface area contributed by atoms with Gasteiger partial charge in [0.05, 0.1) is 0 Å². The van der Waals surface area contributed by atoms with Gasteiger partial charge in [-0.05, 0) is 19.3 Å². The molecule has 2 nitrogen and oxygen atoms in total. The van der Waals surface area contributed by atoms with Gasteiger partial charge < -0.3 is 9.84 Å². The van der Waals surface area contributed by atoms with Crippen molar-refractivity contribution in [1.82, 2.24) is 0 Å². The van der Waals surface area contributed by atoms with Gasteiger partial charge in [-0.25, -0.2) is 0 Å². The van der Waals surface area contributed by atoms with Gasteiger partial charge in [-0.1, -0.05) is 46.0 Å². The van der Waals surface area contributed by atoms with Crippen molar-refractivity contribution in [2.75, 3.05) is 6.61 Å². The summed E-state index contributed by atoms with van der Waals surface area (Å²) in [5.74, 6) is 0. The minimum atomic E-state index is -0.525. The van der Waals surface area contributed by atoms with Crippen LogP contribution in [0.2, 0.25) is 0 Å². The van der Waals surface area contributed by atoms with Crippen LogP contribution in [0, 0.1) is 0 Å². The summed E-state index contributed by atoms with van der Waals surface area (Å²) in [4.78, 5) is 0. The third-order valence-corrected chi connectivity index (χ3v) is 2.36. The second-order valence-electron chi connectivity index (χ2n) is 3.88. The van der Waals surface area contributed by atoms with Gasteiger partial charge in [0.2, 0.25) is 0 Å². The Morgan fingerprint density at radius 1 is 0.929 bits per heavy atom. The number of hydrogen-bond donors (Lipinski definition) is 1. The van der Waals surface area contributed by atoms with Crippen molar-refractivity contribution in [3.63, 3.8) is 0 Å². The van der Waals surface area contributed by atoms with Crippen LogP contribution in [0.5, 0.6) is 0 Å². The molecule has 0 aliphatic carbocycles. The first-order chi connectivity index (χ1) is 6.81. The van der Waals surface area contributed by atoms with Crippen molar-refractivity contribution in [1.29, 1.82) is 0 Å². The van der Waals surface area contributed by atoms with E-state index in [0.717, 1.165) is 25.7 Å². The first kappa shape index (κ1) is 13.9. The Bertz CT molecular complexity index is 104. The van der Waals surface area contributed by atoms with Gasteiger partial charge in [-0.3, -0.25) is 0 Å². The highest BCUT2D eigenvalue weighted by atomic mass is 16.6. The number of ether oxygens (including phenoxy) is 1. The van der Waals surface area contributed by atoms with Crippen LogP contribution in [0.15, 0.2) is 0 Å². The fourth-order valence-corrected chi connectivity index (χ4v) is 1.37. The highest BCUT2D eigenvalue weighted by Gasteiger charge is 2.02. The van der Waals surface area contributed by atoms with Gasteiger partial charge in [-0.2, -0.15) is 0 Å². The van der Waals surface area contributed by atoms with E-state index in [4.69, 9.17) is 4.74 Å². The van der Waals surface area contributed by atoms with E-state index in [-0.39, 0.29) is 0 Å². The third-order valence-electron chi connectivity index (χ3n) is 2.36. The van der Waals surface area contributed by atoms with Crippen LogP contribution >= 0.6 is 0 Å². The van der Waals surface area contributed by atoms with Crippen LogP contribution in [-0.2, 0) is 4.74 Å². The maximum absolute atomic E-state index is 9.41. The van der Waals surface area contributed by atoms with Gasteiger partial charge in [0.25, 0.3) is 0 Å². The molecule has 2 heteroatoms. The molecule has 0 aliphatic heterocycles. The summed E-state index contributed by atoms with van der Waals surface area (Å²) in [5, 5.41) is 9.41. The monoisotopic (exact) mass is 202 g/mol. The summed E-state index contributed by atoms with van der Waals surface area (Å²) in [6.07, 6.45) is 8.64. The topological polar surface area (TPSA) is 29.5 Å². The Morgan fingerprint density at radius 2 is 1.57 bits per heavy atom. The number of aliphatic hydroxyl groups is 1. The Morgan fingerprint density at radius 3 is 2.21 bits per heavy atom. The summed E-state index contributed by atoms with van der Waals surface area (Å²) >= 11 is 0. The normalized spacial score (nSPS) is 13.1. The van der Waals surface area contributed by atoms with Crippen LogP contribution < -0.4 is 0 Å². The lowest BCUT2D eigenvalue weighted by molar-refractivity contribution is -0.104. The molecule has 0 aromatic carbocycles. The van der Waals surface area contributed by atoms with Crippen molar-refractivity contribution in [3.05, 3.63) is 0 Å². The molecule has 0 spiro atoms. The van der Waals surface area contributed by atoms with E-state index in [9.17, 15) is 5.11 Å². The molecule has 1 atom stereocenters. The van der Waals surface area contributed by atoms with E-state index < -0.39 is 6.29 Å². The quantitative estimate of drug-likeness (QED) is 0.434. The maximum atomic E-state index is 9.41. The second-order valence-corrected chi connectivity index (χ2v) is 3.88. The minimum absolute atomic E-state index is 0.525. The van der Waals surface area contributed by atoms with Crippen LogP contribution in [0.1, 0.15) is 65.2 Å². The summed E-state index contributed by atoms with van der Waals surface area (Å²) in [5.41, 5.74) is 0. The SMILES string of the molecule is CCCCCCCC(O)OCCCC. The molecule has 0 aromatic rings. The Balaban J connectivity index is 3.06. The second kappa shape index (κ2) is 11.0. The molecular weight excluding hydrogens is 176 g/mol. The molecule has 14 heavy (non-hydrogen) atoms. The molecule has 0 rings (SSSR count). The zero-order chi connectivity index (χ0) is 10.6. The first-order valence-corrected chi connectivity index (χ1v) is 6.11. The molecule has 0 amide bonds. The number of hydrogen-bond acceptors (Lipinski definition) is 2. The Kier molecular flexibility index (Phi) is 10.9. The molecule has 86 valence electrons. The lowest BCUT2D eigenvalue weighted by Gasteiger charge is -2.11. The summed E-state index contributed by atoms with van der Waals surface area (Å²) < 4.78 is 5.24. The zero-order valence-corrected chi connectivity index (χ0v) is 9.80. The molecule has 1 unspecified atom stereocenters. The summed E-state index contributed by atoms with van der Waals surface area (Å²) in [7, 11) is 0. The van der Waals surface area contributed by atoms with E-state index in [2.05, 4.69) is 13.8 Å². The fourth-order valence-electron chi connectivity index (χ4n) is 1.37. The fraction of sp³-hybridized carbons (Fsp3) is 1.00. The molecule has 0 saturated carbocycles. The number of rotatable bonds is 10. The van der Waals surface area contributed by atoms with Gasteiger partial charge in [0, 0.05) is 6.61 Å². The maximum Gasteiger partial charge on any atom is 0.154 e. The van der Waals surface area contributed by atoms with Crippen molar-refractivity contribution >= 4 is 0 Å². The van der Waals surface area contributed by atoms with E-state index in [1.807, 2.05) is 0 Å². The van der Waals surface area contributed by atoms with Crippen molar-refractivity contribution < 1.29 is 9.84 Å². The molecule has 0 aromatic heterocycles. The lowest BCUT2D eigenvalue weighted by atomic mass is 10.1. The molecule has 0 bridgehead atoms. The Labute approximate surface area is 88.7 Å². The molecule has 0 aliphatic rings. The molecule has 0 radical (unpaired) electrons. The number of aliphatic hydroxyl groups excluding tert-OH is 1. The van der Waals surface area contributed by atoms with Gasteiger partial charge >= 0.3 is 0 Å². The highest BCUT2D eigenvalue weighted by molar-refractivity contribution is 4.46. The van der Waals surface area contributed by atoms with Gasteiger partial charge in [-0.15, -0.1) is 0 Å². The van der Waals surface area contributed by atoms with E-state index in [0.29, 0.717) is 6.61 Å². The van der Waals surface area contributed by atoms with Crippen LogP contribution in [-0.4, -0.2) is 18.0 Å².